The van der Waals surface area contributed by atoms with Crippen LogP contribution in [0.5, 0.6) is 0 Å². The Morgan fingerprint density at radius 1 is 1.23 bits per heavy atom. The van der Waals surface area contributed by atoms with Crippen LogP contribution in [0.4, 0.5) is 11.4 Å². The standard InChI is InChI=1S/C17H14BrClN2O4S/c1-10-9-26(24,25)21(17(10)23)15-8-11(2-7-14(15)19)16(22)20-13-5-3-12(18)4-6-13/h2-8,10H,9H2,1H3,(H,20,22). The number of carbonyl (C=O) groups is 2. The van der Waals surface area contributed by atoms with E-state index in [9.17, 15) is 18.0 Å². The van der Waals surface area contributed by atoms with Crippen LogP contribution in [0.2, 0.25) is 5.02 Å². The highest BCUT2D eigenvalue weighted by atomic mass is 79.9. The predicted molar refractivity (Wildman–Crippen MR) is 104 cm³/mol. The molecule has 0 bridgehead atoms. The van der Waals surface area contributed by atoms with Gasteiger partial charge in [-0.05, 0) is 42.5 Å². The van der Waals surface area contributed by atoms with E-state index < -0.39 is 27.8 Å². The van der Waals surface area contributed by atoms with E-state index in [1.807, 2.05) is 0 Å². The van der Waals surface area contributed by atoms with Crippen molar-refractivity contribution in [3.63, 3.8) is 0 Å². The molecule has 0 aromatic heterocycles. The molecule has 1 aliphatic rings. The third kappa shape index (κ3) is 3.62. The number of halogens is 2. The van der Waals surface area contributed by atoms with Crippen LogP contribution in [-0.4, -0.2) is 26.0 Å². The minimum absolute atomic E-state index is 0.00975. The number of amides is 2. The first-order valence-corrected chi connectivity index (χ1v) is 10.4. The molecule has 6 nitrogen and oxygen atoms in total. The zero-order valence-electron chi connectivity index (χ0n) is 13.6. The fourth-order valence-electron chi connectivity index (χ4n) is 2.61. The average molecular weight is 458 g/mol. The van der Waals surface area contributed by atoms with E-state index in [4.69, 9.17) is 11.6 Å². The van der Waals surface area contributed by atoms with Gasteiger partial charge in [-0.1, -0.05) is 34.5 Å². The first-order chi connectivity index (χ1) is 12.2. The van der Waals surface area contributed by atoms with E-state index in [0.29, 0.717) is 9.99 Å². The van der Waals surface area contributed by atoms with E-state index in [2.05, 4.69) is 21.2 Å². The van der Waals surface area contributed by atoms with Crippen molar-refractivity contribution in [3.8, 4) is 0 Å². The molecule has 1 heterocycles. The van der Waals surface area contributed by atoms with Crippen molar-refractivity contribution in [1.29, 1.82) is 0 Å². The number of nitrogens with zero attached hydrogens (tertiary/aromatic N) is 1. The van der Waals surface area contributed by atoms with E-state index in [0.717, 1.165) is 4.47 Å². The van der Waals surface area contributed by atoms with Crippen LogP contribution in [0.1, 0.15) is 17.3 Å². The molecule has 136 valence electrons. The number of rotatable bonds is 3. The molecule has 1 aliphatic heterocycles. The molecule has 1 saturated heterocycles. The van der Waals surface area contributed by atoms with Gasteiger partial charge in [-0.3, -0.25) is 9.59 Å². The molecule has 1 unspecified atom stereocenters. The highest BCUT2D eigenvalue weighted by Gasteiger charge is 2.43. The van der Waals surface area contributed by atoms with E-state index in [1.54, 1.807) is 24.3 Å². The number of hydrogen-bond donors (Lipinski definition) is 1. The summed E-state index contributed by atoms with van der Waals surface area (Å²) < 4.78 is 26.1. The van der Waals surface area contributed by atoms with Gasteiger partial charge in [0.15, 0.2) is 0 Å². The van der Waals surface area contributed by atoms with Crippen LogP contribution in [0, 0.1) is 5.92 Å². The molecule has 0 aliphatic carbocycles. The Hall–Kier alpha value is -1.90. The molecule has 0 spiro atoms. The Labute approximate surface area is 164 Å². The molecule has 2 amide bonds. The van der Waals surface area contributed by atoms with Gasteiger partial charge in [0, 0.05) is 15.7 Å². The van der Waals surface area contributed by atoms with Gasteiger partial charge >= 0.3 is 0 Å². The number of sulfonamides is 1. The lowest BCUT2D eigenvalue weighted by Crippen LogP contribution is -2.30. The molecular weight excluding hydrogens is 444 g/mol. The lowest BCUT2D eigenvalue weighted by atomic mass is 10.1. The summed E-state index contributed by atoms with van der Waals surface area (Å²) in [5.74, 6) is -1.94. The van der Waals surface area contributed by atoms with Crippen molar-refractivity contribution >= 4 is 60.7 Å². The van der Waals surface area contributed by atoms with Crippen LogP contribution in [0.3, 0.4) is 0 Å². The van der Waals surface area contributed by atoms with Gasteiger partial charge in [-0.15, -0.1) is 0 Å². The topological polar surface area (TPSA) is 83.6 Å². The monoisotopic (exact) mass is 456 g/mol. The maximum Gasteiger partial charge on any atom is 0.255 e. The second-order valence-electron chi connectivity index (χ2n) is 5.91. The Morgan fingerprint density at radius 3 is 2.46 bits per heavy atom. The summed E-state index contributed by atoms with van der Waals surface area (Å²) in [6, 6.07) is 11.2. The first-order valence-electron chi connectivity index (χ1n) is 7.62. The average Bonchev–Trinajstić information content (AvgIpc) is 2.78. The van der Waals surface area contributed by atoms with Crippen molar-refractivity contribution in [3.05, 3.63) is 57.5 Å². The number of hydrogen-bond acceptors (Lipinski definition) is 4. The quantitative estimate of drug-likeness (QED) is 0.762. The fourth-order valence-corrected chi connectivity index (χ4v) is 4.96. The molecule has 2 aromatic rings. The largest absolute Gasteiger partial charge is 0.322 e. The summed E-state index contributed by atoms with van der Waals surface area (Å²) in [6.07, 6.45) is 0. The SMILES string of the molecule is CC1CS(=O)(=O)N(c2cc(C(=O)Nc3ccc(Br)cc3)ccc2Cl)C1=O. The Bertz CT molecular complexity index is 992. The van der Waals surface area contributed by atoms with Gasteiger partial charge in [-0.2, -0.15) is 0 Å². The second-order valence-corrected chi connectivity index (χ2v) is 9.09. The van der Waals surface area contributed by atoms with Crippen molar-refractivity contribution in [2.24, 2.45) is 5.92 Å². The van der Waals surface area contributed by atoms with Crippen molar-refractivity contribution in [2.75, 3.05) is 15.4 Å². The van der Waals surface area contributed by atoms with Crippen LogP contribution in [0.25, 0.3) is 0 Å². The number of nitrogens with one attached hydrogen (secondary N) is 1. The predicted octanol–water partition coefficient (Wildman–Crippen LogP) is 3.67. The molecular formula is C17H14BrClN2O4S. The molecule has 0 saturated carbocycles. The molecule has 2 aromatic carbocycles. The van der Waals surface area contributed by atoms with E-state index in [-0.39, 0.29) is 22.0 Å². The lowest BCUT2D eigenvalue weighted by Gasteiger charge is -2.17. The lowest BCUT2D eigenvalue weighted by molar-refractivity contribution is -0.119. The van der Waals surface area contributed by atoms with Crippen LogP contribution in [-0.2, 0) is 14.8 Å². The number of carbonyl (C=O) groups excluding carboxylic acids is 2. The maximum absolute atomic E-state index is 12.5. The van der Waals surface area contributed by atoms with Crippen molar-refractivity contribution in [1.82, 2.24) is 0 Å². The normalized spacial score (nSPS) is 18.8. The van der Waals surface area contributed by atoms with Gasteiger partial charge in [0.2, 0.25) is 15.9 Å². The van der Waals surface area contributed by atoms with Crippen LogP contribution in [0.15, 0.2) is 46.9 Å². The molecule has 0 radical (unpaired) electrons. The third-order valence-electron chi connectivity index (χ3n) is 3.89. The van der Waals surface area contributed by atoms with Crippen molar-refractivity contribution < 1.29 is 18.0 Å². The van der Waals surface area contributed by atoms with Crippen molar-refractivity contribution in [2.45, 2.75) is 6.92 Å². The zero-order chi connectivity index (χ0) is 19.1. The summed E-state index contributed by atoms with van der Waals surface area (Å²) in [5.41, 5.74) is 0.757. The third-order valence-corrected chi connectivity index (χ3v) is 6.59. The minimum atomic E-state index is -3.80. The molecule has 1 N–H and O–H groups in total. The number of benzene rings is 2. The summed E-state index contributed by atoms with van der Waals surface area (Å²) >= 11 is 9.41. The summed E-state index contributed by atoms with van der Waals surface area (Å²) in [7, 11) is -3.80. The number of anilines is 2. The van der Waals surface area contributed by atoms with Gasteiger partial charge in [-0.25, -0.2) is 12.7 Å². The van der Waals surface area contributed by atoms with Gasteiger partial charge in [0.05, 0.1) is 22.4 Å². The van der Waals surface area contributed by atoms with Gasteiger partial charge < -0.3 is 5.32 Å². The van der Waals surface area contributed by atoms with Crippen LogP contribution < -0.4 is 9.62 Å². The fraction of sp³-hybridized carbons (Fsp3) is 0.176. The minimum Gasteiger partial charge on any atom is -0.322 e. The second kappa shape index (κ2) is 7.02. The van der Waals surface area contributed by atoms with Gasteiger partial charge in [0.1, 0.15) is 0 Å². The Balaban J connectivity index is 1.94. The van der Waals surface area contributed by atoms with Crippen LogP contribution >= 0.6 is 27.5 Å². The molecule has 1 fully saturated rings. The van der Waals surface area contributed by atoms with E-state index in [1.165, 1.54) is 25.1 Å². The summed E-state index contributed by atoms with van der Waals surface area (Å²) in [5, 5.41) is 2.79. The maximum atomic E-state index is 12.5. The summed E-state index contributed by atoms with van der Waals surface area (Å²) in [6.45, 7) is 1.54. The highest BCUT2D eigenvalue weighted by molar-refractivity contribution is 9.10. The highest BCUT2D eigenvalue weighted by Crippen LogP contribution is 2.34. The van der Waals surface area contributed by atoms with Gasteiger partial charge in [0.25, 0.3) is 5.91 Å². The smallest absolute Gasteiger partial charge is 0.255 e. The molecule has 1 atom stereocenters. The molecule has 9 heteroatoms. The Morgan fingerprint density at radius 2 is 1.88 bits per heavy atom. The molecule has 26 heavy (non-hydrogen) atoms. The first kappa shape index (κ1) is 18.9. The van der Waals surface area contributed by atoms with E-state index >= 15 is 0 Å². The summed E-state index contributed by atoms with van der Waals surface area (Å²) in [4.78, 5) is 24.7. The zero-order valence-corrected chi connectivity index (χ0v) is 16.7. The molecule has 3 rings (SSSR count). The Kier molecular flexibility index (Phi) is 5.09.